The van der Waals surface area contributed by atoms with Crippen molar-refractivity contribution in [1.82, 2.24) is 4.90 Å². The highest BCUT2D eigenvalue weighted by molar-refractivity contribution is 5.60. The summed E-state index contributed by atoms with van der Waals surface area (Å²) >= 11 is 0. The quantitative estimate of drug-likeness (QED) is 0.438. The Morgan fingerprint density at radius 2 is 1.84 bits per heavy atom. The first-order valence-electron chi connectivity index (χ1n) is 7.00. The van der Waals surface area contributed by atoms with E-state index in [9.17, 15) is 4.79 Å². The average Bonchev–Trinajstić information content (AvgIpc) is 2.46. The number of carbonyl (C=O) groups excluding carboxylic acids is 1. The van der Waals surface area contributed by atoms with Gasteiger partial charge in [-0.15, -0.1) is 0 Å². The fourth-order valence-corrected chi connectivity index (χ4v) is 2.46. The lowest BCUT2D eigenvalue weighted by atomic mass is 9.81. The van der Waals surface area contributed by atoms with Crippen molar-refractivity contribution < 1.29 is 19.0 Å². The molecule has 0 amide bonds. The van der Waals surface area contributed by atoms with Gasteiger partial charge >= 0.3 is 0 Å². The van der Waals surface area contributed by atoms with E-state index in [-0.39, 0.29) is 5.41 Å². The molecule has 5 nitrogen and oxygen atoms in total. The molecule has 0 bridgehead atoms. The normalized spacial score (nSPS) is 18.7. The molecule has 0 radical (unpaired) electrons. The van der Waals surface area contributed by atoms with Crippen LogP contribution in [0.5, 0.6) is 0 Å². The van der Waals surface area contributed by atoms with Crippen molar-refractivity contribution >= 4 is 6.29 Å². The molecule has 0 aromatic rings. The molecule has 1 rings (SSSR count). The summed E-state index contributed by atoms with van der Waals surface area (Å²) in [5, 5.41) is 0. The van der Waals surface area contributed by atoms with Crippen LogP contribution >= 0.6 is 0 Å². The van der Waals surface area contributed by atoms with Gasteiger partial charge in [0, 0.05) is 59.1 Å². The monoisotopic (exact) mass is 273 g/mol. The Balaban J connectivity index is 2.49. The number of rotatable bonds is 10. The number of methoxy groups -OCH3 is 2. The maximum absolute atomic E-state index is 11.5. The standard InChI is InChI=1S/C14H27NO4/c1-17-8-3-6-15(7-11-18-2)12-14(13-16)4-9-19-10-5-14/h13H,3-12H2,1-2H3. The van der Waals surface area contributed by atoms with Crippen LogP contribution < -0.4 is 0 Å². The summed E-state index contributed by atoms with van der Waals surface area (Å²) in [7, 11) is 3.42. The summed E-state index contributed by atoms with van der Waals surface area (Å²) in [6.07, 6.45) is 3.76. The Labute approximate surface area is 116 Å². The average molecular weight is 273 g/mol. The molecule has 1 saturated heterocycles. The molecule has 5 heteroatoms. The Hall–Kier alpha value is -0.490. The molecule has 1 fully saturated rings. The van der Waals surface area contributed by atoms with Crippen LogP contribution in [-0.2, 0) is 19.0 Å². The summed E-state index contributed by atoms with van der Waals surface area (Å²) in [6, 6.07) is 0. The third kappa shape index (κ3) is 5.99. The van der Waals surface area contributed by atoms with Crippen molar-refractivity contribution in [2.24, 2.45) is 5.41 Å². The Morgan fingerprint density at radius 3 is 2.42 bits per heavy atom. The molecule has 0 N–H and O–H groups in total. The van der Waals surface area contributed by atoms with E-state index in [0.717, 1.165) is 51.8 Å². The first kappa shape index (κ1) is 16.6. The van der Waals surface area contributed by atoms with Crippen LogP contribution in [0.3, 0.4) is 0 Å². The lowest BCUT2D eigenvalue weighted by Crippen LogP contribution is -2.44. The highest BCUT2D eigenvalue weighted by Gasteiger charge is 2.34. The van der Waals surface area contributed by atoms with Gasteiger partial charge in [-0.2, -0.15) is 0 Å². The second-order valence-electron chi connectivity index (χ2n) is 5.21. The van der Waals surface area contributed by atoms with Crippen LogP contribution in [-0.4, -0.2) is 71.5 Å². The van der Waals surface area contributed by atoms with E-state index in [1.807, 2.05) is 0 Å². The Bertz CT molecular complexity index is 242. The molecular weight excluding hydrogens is 246 g/mol. The van der Waals surface area contributed by atoms with Gasteiger partial charge in [0.25, 0.3) is 0 Å². The fraction of sp³-hybridized carbons (Fsp3) is 0.929. The smallest absolute Gasteiger partial charge is 0.127 e. The molecule has 1 aliphatic rings. The van der Waals surface area contributed by atoms with E-state index in [2.05, 4.69) is 4.90 Å². The minimum absolute atomic E-state index is 0.237. The maximum atomic E-state index is 11.5. The second kappa shape index (κ2) is 9.42. The Morgan fingerprint density at radius 1 is 1.16 bits per heavy atom. The molecule has 1 aliphatic heterocycles. The number of hydrogen-bond donors (Lipinski definition) is 0. The maximum Gasteiger partial charge on any atom is 0.127 e. The van der Waals surface area contributed by atoms with Gasteiger partial charge in [-0.1, -0.05) is 0 Å². The van der Waals surface area contributed by atoms with E-state index >= 15 is 0 Å². The van der Waals surface area contributed by atoms with Crippen molar-refractivity contribution in [1.29, 1.82) is 0 Å². The van der Waals surface area contributed by atoms with Gasteiger partial charge in [0.15, 0.2) is 0 Å². The number of nitrogens with zero attached hydrogens (tertiary/aromatic N) is 1. The lowest BCUT2D eigenvalue weighted by Gasteiger charge is -2.36. The zero-order chi connectivity index (χ0) is 14.0. The van der Waals surface area contributed by atoms with E-state index in [1.165, 1.54) is 0 Å². The van der Waals surface area contributed by atoms with Crippen LogP contribution in [0.2, 0.25) is 0 Å². The first-order chi connectivity index (χ1) is 9.26. The van der Waals surface area contributed by atoms with Crippen LogP contribution in [0.25, 0.3) is 0 Å². The SMILES string of the molecule is COCCCN(CCOC)CC1(C=O)CCOCC1. The van der Waals surface area contributed by atoms with Crippen molar-refractivity contribution in [2.45, 2.75) is 19.3 Å². The molecule has 19 heavy (non-hydrogen) atoms. The molecule has 0 unspecified atom stereocenters. The van der Waals surface area contributed by atoms with Gasteiger partial charge in [0.1, 0.15) is 6.29 Å². The largest absolute Gasteiger partial charge is 0.385 e. The highest BCUT2D eigenvalue weighted by atomic mass is 16.5. The molecule has 112 valence electrons. The predicted octanol–water partition coefficient (Wildman–Crippen LogP) is 0.967. The zero-order valence-electron chi connectivity index (χ0n) is 12.2. The van der Waals surface area contributed by atoms with E-state index in [1.54, 1.807) is 14.2 Å². The third-order valence-electron chi connectivity index (χ3n) is 3.71. The van der Waals surface area contributed by atoms with Gasteiger partial charge in [0.05, 0.1) is 6.61 Å². The van der Waals surface area contributed by atoms with Gasteiger partial charge in [-0.05, 0) is 19.3 Å². The summed E-state index contributed by atoms with van der Waals surface area (Å²) < 4.78 is 15.6. The summed E-state index contributed by atoms with van der Waals surface area (Å²) in [6.45, 7) is 5.42. The van der Waals surface area contributed by atoms with Gasteiger partial charge < -0.3 is 19.0 Å². The van der Waals surface area contributed by atoms with Crippen molar-refractivity contribution in [3.05, 3.63) is 0 Å². The number of ether oxygens (including phenoxy) is 3. The minimum Gasteiger partial charge on any atom is -0.385 e. The molecule has 0 aromatic carbocycles. The number of hydrogen-bond acceptors (Lipinski definition) is 5. The summed E-state index contributed by atoms with van der Waals surface area (Å²) in [5.41, 5.74) is -0.237. The fourth-order valence-electron chi connectivity index (χ4n) is 2.46. The number of aldehydes is 1. The van der Waals surface area contributed by atoms with E-state index in [4.69, 9.17) is 14.2 Å². The molecule has 0 spiro atoms. The Kier molecular flexibility index (Phi) is 8.21. The van der Waals surface area contributed by atoms with Gasteiger partial charge in [0.2, 0.25) is 0 Å². The van der Waals surface area contributed by atoms with Crippen molar-refractivity contribution in [2.75, 3.05) is 60.3 Å². The lowest BCUT2D eigenvalue weighted by molar-refractivity contribution is -0.123. The third-order valence-corrected chi connectivity index (χ3v) is 3.71. The van der Waals surface area contributed by atoms with Crippen LogP contribution in [0.15, 0.2) is 0 Å². The minimum atomic E-state index is -0.237. The van der Waals surface area contributed by atoms with Crippen LogP contribution in [0.1, 0.15) is 19.3 Å². The molecular formula is C14H27NO4. The van der Waals surface area contributed by atoms with Crippen molar-refractivity contribution in [3.8, 4) is 0 Å². The summed E-state index contributed by atoms with van der Waals surface area (Å²) in [4.78, 5) is 13.8. The topological polar surface area (TPSA) is 48.0 Å². The predicted molar refractivity (Wildman–Crippen MR) is 73.4 cm³/mol. The molecule has 0 saturated carbocycles. The highest BCUT2D eigenvalue weighted by Crippen LogP contribution is 2.29. The number of carbonyl (C=O) groups is 1. The van der Waals surface area contributed by atoms with Crippen LogP contribution in [0.4, 0.5) is 0 Å². The second-order valence-corrected chi connectivity index (χ2v) is 5.21. The molecule has 0 aromatic heterocycles. The summed E-state index contributed by atoms with van der Waals surface area (Å²) in [5.74, 6) is 0. The molecule has 0 atom stereocenters. The van der Waals surface area contributed by atoms with Gasteiger partial charge in [-0.25, -0.2) is 0 Å². The van der Waals surface area contributed by atoms with Gasteiger partial charge in [-0.3, -0.25) is 4.90 Å². The molecule has 0 aliphatic carbocycles. The van der Waals surface area contributed by atoms with E-state index in [0.29, 0.717) is 19.8 Å². The molecule has 1 heterocycles. The first-order valence-corrected chi connectivity index (χ1v) is 7.00. The zero-order valence-corrected chi connectivity index (χ0v) is 12.2. The van der Waals surface area contributed by atoms with Crippen molar-refractivity contribution in [3.63, 3.8) is 0 Å². The van der Waals surface area contributed by atoms with E-state index < -0.39 is 0 Å². The van der Waals surface area contributed by atoms with Crippen LogP contribution in [0, 0.1) is 5.41 Å².